The van der Waals surface area contributed by atoms with Crippen LogP contribution in [0.1, 0.15) is 22.0 Å². The molecule has 5 nitrogen and oxygen atoms in total. The second kappa shape index (κ2) is 7.56. The minimum absolute atomic E-state index is 0.223. The van der Waals surface area contributed by atoms with E-state index in [1.807, 2.05) is 36.4 Å². The molecule has 1 fully saturated rings. The number of hydrogen-bond donors (Lipinski definition) is 0. The predicted octanol–water partition coefficient (Wildman–Crippen LogP) is 4.64. The van der Waals surface area contributed by atoms with Gasteiger partial charge in [-0.3, -0.25) is 9.69 Å². The Morgan fingerprint density at radius 3 is 2.11 bits per heavy atom. The van der Waals surface area contributed by atoms with Crippen LogP contribution in [0.4, 0.5) is 10.5 Å². The standard InChI is InChI=1S/C23H19NO4/c1-27-19-14-12-18(13-15-19)24-20(16-8-4-2-5-9-16)22(28-23(24)26)21(25)17-10-6-3-7-11-17/h2-15,20,22H,1H3/t20-,22+/m0/s1. The molecule has 1 aliphatic heterocycles. The highest BCUT2D eigenvalue weighted by atomic mass is 16.6. The molecule has 5 heteroatoms. The molecule has 2 atom stereocenters. The molecule has 0 unspecified atom stereocenters. The Morgan fingerprint density at radius 2 is 1.50 bits per heavy atom. The second-order valence-corrected chi connectivity index (χ2v) is 6.46. The van der Waals surface area contributed by atoms with Gasteiger partial charge in [-0.25, -0.2) is 4.79 Å². The molecule has 1 amide bonds. The Kier molecular flexibility index (Phi) is 4.81. The smallest absolute Gasteiger partial charge is 0.415 e. The number of Topliss-reactive ketones (excluding diaryl/α,β-unsaturated/α-hetero) is 1. The molecule has 1 heterocycles. The molecule has 0 radical (unpaired) electrons. The molecular formula is C23H19NO4. The van der Waals surface area contributed by atoms with E-state index >= 15 is 0 Å². The van der Waals surface area contributed by atoms with Gasteiger partial charge in [0, 0.05) is 11.3 Å². The van der Waals surface area contributed by atoms with Crippen molar-refractivity contribution in [2.24, 2.45) is 0 Å². The highest BCUT2D eigenvalue weighted by molar-refractivity contribution is 6.05. The first kappa shape index (κ1) is 17.8. The van der Waals surface area contributed by atoms with Crippen LogP contribution in [0.15, 0.2) is 84.9 Å². The maximum absolute atomic E-state index is 13.1. The van der Waals surface area contributed by atoms with Crippen molar-refractivity contribution in [2.45, 2.75) is 12.1 Å². The topological polar surface area (TPSA) is 55.8 Å². The van der Waals surface area contributed by atoms with Crippen LogP contribution in [0.5, 0.6) is 5.75 Å². The number of ketones is 1. The van der Waals surface area contributed by atoms with Gasteiger partial charge in [-0.05, 0) is 29.8 Å². The van der Waals surface area contributed by atoms with Crippen molar-refractivity contribution in [3.05, 3.63) is 96.1 Å². The van der Waals surface area contributed by atoms with Crippen molar-refractivity contribution in [2.75, 3.05) is 12.0 Å². The summed E-state index contributed by atoms with van der Waals surface area (Å²) in [7, 11) is 1.58. The van der Waals surface area contributed by atoms with Gasteiger partial charge in [0.2, 0.25) is 5.78 Å². The average molecular weight is 373 g/mol. The number of amides is 1. The third-order valence-electron chi connectivity index (χ3n) is 4.80. The number of methoxy groups -OCH3 is 1. The highest BCUT2D eigenvalue weighted by Gasteiger charge is 2.47. The lowest BCUT2D eigenvalue weighted by Gasteiger charge is -2.24. The van der Waals surface area contributed by atoms with Crippen LogP contribution in [0.2, 0.25) is 0 Å². The Balaban J connectivity index is 1.77. The quantitative estimate of drug-likeness (QED) is 0.611. The van der Waals surface area contributed by atoms with E-state index in [1.165, 1.54) is 4.90 Å². The summed E-state index contributed by atoms with van der Waals surface area (Å²) in [5.74, 6) is 0.461. The summed E-state index contributed by atoms with van der Waals surface area (Å²) in [4.78, 5) is 27.4. The van der Waals surface area contributed by atoms with Crippen molar-refractivity contribution in [1.29, 1.82) is 0 Å². The van der Waals surface area contributed by atoms with E-state index in [1.54, 1.807) is 55.6 Å². The number of carbonyl (C=O) groups is 2. The zero-order chi connectivity index (χ0) is 19.5. The molecule has 4 rings (SSSR count). The van der Waals surface area contributed by atoms with Gasteiger partial charge in [0.25, 0.3) is 0 Å². The zero-order valence-corrected chi connectivity index (χ0v) is 15.3. The molecule has 1 saturated heterocycles. The van der Waals surface area contributed by atoms with Crippen LogP contribution in [-0.4, -0.2) is 25.1 Å². The molecule has 0 spiro atoms. The van der Waals surface area contributed by atoms with Gasteiger partial charge in [-0.1, -0.05) is 60.7 Å². The second-order valence-electron chi connectivity index (χ2n) is 6.46. The predicted molar refractivity (Wildman–Crippen MR) is 106 cm³/mol. The fourth-order valence-electron chi connectivity index (χ4n) is 3.43. The third kappa shape index (κ3) is 3.22. The van der Waals surface area contributed by atoms with Crippen molar-refractivity contribution >= 4 is 17.6 Å². The molecular weight excluding hydrogens is 354 g/mol. The largest absolute Gasteiger partial charge is 0.497 e. The van der Waals surface area contributed by atoms with Gasteiger partial charge in [-0.15, -0.1) is 0 Å². The lowest BCUT2D eigenvalue weighted by Crippen LogP contribution is -2.32. The Bertz CT molecular complexity index is 971. The van der Waals surface area contributed by atoms with Crippen LogP contribution >= 0.6 is 0 Å². The fraction of sp³-hybridized carbons (Fsp3) is 0.130. The van der Waals surface area contributed by atoms with Gasteiger partial charge < -0.3 is 9.47 Å². The van der Waals surface area contributed by atoms with Crippen LogP contribution in [-0.2, 0) is 4.74 Å². The number of hydrogen-bond acceptors (Lipinski definition) is 4. The maximum atomic E-state index is 13.1. The summed E-state index contributed by atoms with van der Waals surface area (Å²) < 4.78 is 10.8. The van der Waals surface area contributed by atoms with Crippen molar-refractivity contribution in [3.63, 3.8) is 0 Å². The number of carbonyl (C=O) groups excluding carboxylic acids is 2. The first-order valence-corrected chi connectivity index (χ1v) is 8.97. The average Bonchev–Trinajstić information content (AvgIpc) is 3.11. The van der Waals surface area contributed by atoms with Gasteiger partial charge in [0.15, 0.2) is 6.10 Å². The Labute approximate surface area is 163 Å². The maximum Gasteiger partial charge on any atom is 0.415 e. The number of nitrogens with zero attached hydrogens (tertiary/aromatic N) is 1. The molecule has 0 saturated carbocycles. The monoisotopic (exact) mass is 373 g/mol. The summed E-state index contributed by atoms with van der Waals surface area (Å²) in [5, 5.41) is 0. The number of benzene rings is 3. The summed E-state index contributed by atoms with van der Waals surface area (Å²) in [6.07, 6.45) is -1.48. The number of rotatable bonds is 5. The minimum Gasteiger partial charge on any atom is -0.497 e. The van der Waals surface area contributed by atoms with Gasteiger partial charge >= 0.3 is 6.09 Å². The number of ether oxygens (including phenoxy) is 2. The van der Waals surface area contributed by atoms with Crippen LogP contribution in [0, 0.1) is 0 Å². The SMILES string of the molecule is COc1ccc(N2C(=O)O[C@@H](C(=O)c3ccccc3)[C@@H]2c2ccccc2)cc1. The van der Waals surface area contributed by atoms with Gasteiger partial charge in [0.1, 0.15) is 11.8 Å². The molecule has 0 bridgehead atoms. The zero-order valence-electron chi connectivity index (χ0n) is 15.3. The molecule has 0 N–H and O–H groups in total. The highest BCUT2D eigenvalue weighted by Crippen LogP contribution is 2.39. The molecule has 3 aromatic rings. The normalized spacial score (nSPS) is 18.6. The molecule has 3 aromatic carbocycles. The number of cyclic esters (lactones) is 1. The lowest BCUT2D eigenvalue weighted by atomic mass is 9.94. The lowest BCUT2D eigenvalue weighted by molar-refractivity contribution is 0.0722. The van der Waals surface area contributed by atoms with E-state index < -0.39 is 18.2 Å². The van der Waals surface area contributed by atoms with Crippen LogP contribution < -0.4 is 9.64 Å². The van der Waals surface area contributed by atoms with Crippen LogP contribution in [0.3, 0.4) is 0 Å². The Hall–Kier alpha value is -3.60. The first-order chi connectivity index (χ1) is 13.7. The van der Waals surface area contributed by atoms with E-state index in [9.17, 15) is 9.59 Å². The summed E-state index contributed by atoms with van der Waals surface area (Å²) >= 11 is 0. The third-order valence-corrected chi connectivity index (χ3v) is 4.80. The molecule has 140 valence electrons. The number of anilines is 1. The van der Waals surface area contributed by atoms with E-state index in [0.29, 0.717) is 17.0 Å². The summed E-state index contributed by atoms with van der Waals surface area (Å²) in [5.41, 5.74) is 1.99. The van der Waals surface area contributed by atoms with E-state index in [-0.39, 0.29) is 5.78 Å². The first-order valence-electron chi connectivity index (χ1n) is 8.97. The molecule has 1 aliphatic rings. The molecule has 0 aromatic heterocycles. The van der Waals surface area contributed by atoms with E-state index in [2.05, 4.69) is 0 Å². The Morgan fingerprint density at radius 1 is 0.893 bits per heavy atom. The van der Waals surface area contributed by atoms with E-state index in [4.69, 9.17) is 9.47 Å². The molecule has 28 heavy (non-hydrogen) atoms. The van der Waals surface area contributed by atoms with E-state index in [0.717, 1.165) is 5.56 Å². The minimum atomic E-state index is -0.931. The fourth-order valence-corrected chi connectivity index (χ4v) is 3.43. The van der Waals surface area contributed by atoms with Gasteiger partial charge in [0.05, 0.1) is 7.11 Å². The van der Waals surface area contributed by atoms with Crippen molar-refractivity contribution in [3.8, 4) is 5.75 Å². The summed E-state index contributed by atoms with van der Waals surface area (Å²) in [6.45, 7) is 0. The molecule has 0 aliphatic carbocycles. The summed E-state index contributed by atoms with van der Waals surface area (Å²) in [6, 6.07) is 24.9. The van der Waals surface area contributed by atoms with Crippen molar-refractivity contribution < 1.29 is 19.1 Å². The van der Waals surface area contributed by atoms with Gasteiger partial charge in [-0.2, -0.15) is 0 Å². The van der Waals surface area contributed by atoms with Crippen LogP contribution in [0.25, 0.3) is 0 Å². The van der Waals surface area contributed by atoms with Crippen molar-refractivity contribution in [1.82, 2.24) is 0 Å².